The molecule has 1 aromatic carbocycles. The van der Waals surface area contributed by atoms with Gasteiger partial charge in [0.25, 0.3) is 4.87 Å². The van der Waals surface area contributed by atoms with Gasteiger partial charge in [-0.25, -0.2) is 13.2 Å². The number of carboxylic acids is 1. The van der Waals surface area contributed by atoms with Gasteiger partial charge in [-0.3, -0.25) is 0 Å². The second kappa shape index (κ2) is 7.02. The van der Waals surface area contributed by atoms with Gasteiger partial charge in [-0.05, 0) is 50.4 Å². The largest absolute Gasteiger partial charge is 0.481 e. The summed E-state index contributed by atoms with van der Waals surface area (Å²) in [5.74, 6) is 4.43. The van der Waals surface area contributed by atoms with E-state index in [1.165, 1.54) is 30.5 Å². The molecule has 1 atom stereocenters. The third-order valence-corrected chi connectivity index (χ3v) is 7.69. The van der Waals surface area contributed by atoms with Crippen molar-refractivity contribution in [2.75, 3.05) is 6.61 Å². The van der Waals surface area contributed by atoms with Gasteiger partial charge in [-0.15, -0.1) is 17.7 Å². The summed E-state index contributed by atoms with van der Waals surface area (Å²) in [6.45, 7) is 5.05. The smallest absolute Gasteiger partial charge is 0.347 e. The fraction of sp³-hybridized carbons (Fsp3) is 0.353. The number of aliphatic carboxylic acids is 1. The molecule has 1 heterocycles. The molecular formula is C17H19NO5S2. The minimum atomic E-state index is -4.24. The molecule has 0 amide bonds. The van der Waals surface area contributed by atoms with Crippen LogP contribution < -0.4 is 10.1 Å². The van der Waals surface area contributed by atoms with Crippen molar-refractivity contribution < 1.29 is 23.1 Å². The summed E-state index contributed by atoms with van der Waals surface area (Å²) in [6.07, 6.45) is 1.35. The van der Waals surface area contributed by atoms with E-state index in [9.17, 15) is 18.3 Å². The van der Waals surface area contributed by atoms with Crippen molar-refractivity contribution in [1.29, 1.82) is 0 Å². The predicted octanol–water partition coefficient (Wildman–Crippen LogP) is 2.23. The van der Waals surface area contributed by atoms with E-state index in [1.54, 1.807) is 26.2 Å². The van der Waals surface area contributed by atoms with E-state index in [-0.39, 0.29) is 11.5 Å². The fourth-order valence-electron chi connectivity index (χ4n) is 2.53. The van der Waals surface area contributed by atoms with Crippen LogP contribution in [0, 0.1) is 11.8 Å². The number of carboxylic acid groups (broad SMARTS) is 1. The Morgan fingerprint density at radius 1 is 1.32 bits per heavy atom. The van der Waals surface area contributed by atoms with E-state index in [4.69, 9.17) is 4.74 Å². The normalized spacial score (nSPS) is 21.6. The van der Waals surface area contributed by atoms with Gasteiger partial charge in [0.05, 0.1) is 9.64 Å². The molecule has 6 nitrogen and oxygen atoms in total. The monoisotopic (exact) mass is 381 g/mol. The van der Waals surface area contributed by atoms with Gasteiger partial charge in [-0.1, -0.05) is 5.92 Å². The Morgan fingerprint density at radius 3 is 2.48 bits per heavy atom. The van der Waals surface area contributed by atoms with Crippen molar-refractivity contribution in [3.63, 3.8) is 0 Å². The topological polar surface area (TPSA) is 92.7 Å². The van der Waals surface area contributed by atoms with Crippen LogP contribution in [0.5, 0.6) is 5.75 Å². The molecule has 0 saturated heterocycles. The zero-order valence-corrected chi connectivity index (χ0v) is 15.7. The first-order valence-electron chi connectivity index (χ1n) is 7.40. The van der Waals surface area contributed by atoms with E-state index in [0.717, 1.165) is 11.8 Å². The SMILES string of the molecule is CC#CCOc1ccc(S(=O)(=O)C2(C(=O)O)NC=CSC2(C)C)cc1. The lowest BCUT2D eigenvalue weighted by atomic mass is 10.0. The molecule has 1 aliphatic rings. The lowest BCUT2D eigenvalue weighted by molar-refractivity contribution is -0.141. The maximum atomic E-state index is 13.2. The summed E-state index contributed by atoms with van der Waals surface area (Å²) >= 11 is 1.15. The summed E-state index contributed by atoms with van der Waals surface area (Å²) in [7, 11) is -4.24. The number of ether oxygens (including phenoxy) is 1. The van der Waals surface area contributed by atoms with Gasteiger partial charge in [0.2, 0.25) is 9.84 Å². The number of thioether (sulfide) groups is 1. The molecule has 0 aromatic heterocycles. The molecule has 0 bridgehead atoms. The van der Waals surface area contributed by atoms with Crippen LogP contribution in [0.2, 0.25) is 0 Å². The molecule has 0 spiro atoms. The third-order valence-electron chi connectivity index (χ3n) is 3.89. The van der Waals surface area contributed by atoms with E-state index >= 15 is 0 Å². The Morgan fingerprint density at radius 2 is 1.96 bits per heavy atom. The van der Waals surface area contributed by atoms with E-state index in [1.807, 2.05) is 0 Å². The second-order valence-electron chi connectivity index (χ2n) is 5.75. The molecule has 2 rings (SSSR count). The van der Waals surface area contributed by atoms with Crippen LogP contribution in [-0.4, -0.2) is 35.7 Å². The highest BCUT2D eigenvalue weighted by molar-refractivity contribution is 8.05. The molecule has 1 unspecified atom stereocenters. The molecule has 0 radical (unpaired) electrons. The van der Waals surface area contributed by atoms with Crippen LogP contribution in [-0.2, 0) is 14.6 Å². The van der Waals surface area contributed by atoms with Crippen LogP contribution in [0.3, 0.4) is 0 Å². The zero-order valence-electron chi connectivity index (χ0n) is 14.1. The molecule has 8 heteroatoms. The summed E-state index contributed by atoms with van der Waals surface area (Å²) in [4.78, 5) is 9.74. The summed E-state index contributed by atoms with van der Waals surface area (Å²) in [6, 6.07) is 5.65. The molecule has 0 fully saturated rings. The van der Waals surface area contributed by atoms with Gasteiger partial charge in [0.15, 0.2) is 0 Å². The Kier molecular flexibility index (Phi) is 5.40. The maximum absolute atomic E-state index is 13.2. The van der Waals surface area contributed by atoms with E-state index in [2.05, 4.69) is 17.2 Å². The van der Waals surface area contributed by atoms with Gasteiger partial charge in [0.1, 0.15) is 12.4 Å². The lowest BCUT2D eigenvalue weighted by Gasteiger charge is -2.43. The van der Waals surface area contributed by atoms with Crippen LogP contribution in [0.1, 0.15) is 20.8 Å². The van der Waals surface area contributed by atoms with Crippen molar-refractivity contribution in [2.45, 2.75) is 35.3 Å². The van der Waals surface area contributed by atoms with Crippen molar-refractivity contribution in [2.24, 2.45) is 0 Å². The first-order chi connectivity index (χ1) is 11.7. The minimum absolute atomic E-state index is 0.0969. The van der Waals surface area contributed by atoms with Crippen LogP contribution >= 0.6 is 11.8 Å². The molecule has 1 aromatic rings. The molecule has 0 saturated carbocycles. The number of rotatable bonds is 5. The molecule has 2 N–H and O–H groups in total. The molecule has 0 aliphatic carbocycles. The average molecular weight is 381 g/mol. The molecule has 1 aliphatic heterocycles. The van der Waals surface area contributed by atoms with Crippen molar-refractivity contribution in [1.82, 2.24) is 5.32 Å². The predicted molar refractivity (Wildman–Crippen MR) is 96.9 cm³/mol. The first-order valence-corrected chi connectivity index (χ1v) is 9.76. The Balaban J connectivity index is 2.46. The van der Waals surface area contributed by atoms with E-state index in [0.29, 0.717) is 5.75 Å². The van der Waals surface area contributed by atoms with Crippen molar-refractivity contribution >= 4 is 27.6 Å². The van der Waals surface area contributed by atoms with Crippen molar-refractivity contribution in [3.8, 4) is 17.6 Å². The zero-order chi connectivity index (χ0) is 18.7. The standard InChI is InChI=1S/C17H19NO5S2/c1-4-5-11-23-13-6-8-14(9-7-13)25(21,22)17(15(19)20)16(2,3)24-12-10-18-17/h6-10,12,18H,11H2,1-3H3,(H,19,20). The van der Waals surface area contributed by atoms with Crippen LogP contribution in [0.25, 0.3) is 0 Å². The number of nitrogens with one attached hydrogen (secondary N) is 1. The van der Waals surface area contributed by atoms with Gasteiger partial charge >= 0.3 is 5.97 Å². The quantitative estimate of drug-likeness (QED) is 0.756. The van der Waals surface area contributed by atoms with Crippen LogP contribution in [0.4, 0.5) is 0 Å². The second-order valence-corrected chi connectivity index (χ2v) is 9.37. The number of carbonyl (C=O) groups is 1. The number of benzene rings is 1. The van der Waals surface area contributed by atoms with Gasteiger partial charge in [0, 0.05) is 6.20 Å². The highest BCUT2D eigenvalue weighted by Gasteiger charge is 2.62. The van der Waals surface area contributed by atoms with Crippen molar-refractivity contribution in [3.05, 3.63) is 35.9 Å². The number of hydrogen-bond acceptors (Lipinski definition) is 6. The van der Waals surface area contributed by atoms with Gasteiger partial charge in [-0.2, -0.15) is 0 Å². The number of sulfone groups is 1. The van der Waals surface area contributed by atoms with Gasteiger partial charge < -0.3 is 15.2 Å². The maximum Gasteiger partial charge on any atom is 0.347 e. The first kappa shape index (κ1) is 19.2. The Hall–Kier alpha value is -2.11. The summed E-state index contributed by atoms with van der Waals surface area (Å²) in [5, 5.41) is 14.0. The lowest BCUT2D eigenvalue weighted by Crippen LogP contribution is -2.68. The number of hydrogen-bond donors (Lipinski definition) is 2. The third kappa shape index (κ3) is 3.22. The minimum Gasteiger partial charge on any atom is -0.481 e. The average Bonchev–Trinajstić information content (AvgIpc) is 2.54. The Labute approximate surface area is 151 Å². The molecular weight excluding hydrogens is 362 g/mol. The van der Waals surface area contributed by atoms with Crippen LogP contribution in [0.15, 0.2) is 40.8 Å². The summed E-state index contributed by atoms with van der Waals surface area (Å²) < 4.78 is 30.6. The summed E-state index contributed by atoms with van der Waals surface area (Å²) in [5.41, 5.74) is 0. The Bertz CT molecular complexity index is 847. The molecule has 134 valence electrons. The highest BCUT2D eigenvalue weighted by Crippen LogP contribution is 2.45. The molecule has 25 heavy (non-hydrogen) atoms. The highest BCUT2D eigenvalue weighted by atomic mass is 32.2. The van der Waals surface area contributed by atoms with E-state index < -0.39 is 25.4 Å². The fourth-order valence-corrected chi connectivity index (χ4v) is 5.74.